The molecule has 2 heterocycles. The molecular weight excluding hydrogens is 305 g/mol. The van der Waals surface area contributed by atoms with E-state index in [1.807, 2.05) is 12.1 Å². The number of halogens is 1. The third-order valence-corrected chi connectivity index (χ3v) is 4.45. The molecule has 24 heavy (non-hydrogen) atoms. The molecule has 4 nitrogen and oxygen atoms in total. The monoisotopic (exact) mass is 327 g/mol. The Morgan fingerprint density at radius 1 is 1.25 bits per heavy atom. The van der Waals surface area contributed by atoms with Crippen molar-refractivity contribution in [2.24, 2.45) is 5.92 Å². The highest BCUT2D eigenvalue weighted by Gasteiger charge is 2.17. The fourth-order valence-corrected chi connectivity index (χ4v) is 2.90. The zero-order valence-corrected chi connectivity index (χ0v) is 13.8. The van der Waals surface area contributed by atoms with E-state index < -0.39 is 0 Å². The smallest absolute Gasteiger partial charge is 0.228 e. The second-order valence-corrected chi connectivity index (χ2v) is 6.39. The fourth-order valence-electron chi connectivity index (χ4n) is 2.90. The van der Waals surface area contributed by atoms with E-state index in [-0.39, 0.29) is 18.1 Å². The average molecular weight is 327 g/mol. The van der Waals surface area contributed by atoms with Gasteiger partial charge in [-0.05, 0) is 42.5 Å². The van der Waals surface area contributed by atoms with Crippen molar-refractivity contribution in [2.75, 3.05) is 23.3 Å². The third kappa shape index (κ3) is 4.10. The van der Waals surface area contributed by atoms with Gasteiger partial charge in [0, 0.05) is 13.1 Å². The minimum atomic E-state index is -0.361. The zero-order chi connectivity index (χ0) is 16.9. The molecule has 1 aromatic carbocycles. The van der Waals surface area contributed by atoms with Crippen molar-refractivity contribution in [2.45, 2.75) is 26.2 Å². The standard InChI is InChI=1S/C19H22FN3O/c1-14-8-10-23(11-9-14)18-7-6-16(13-21-18)22-19(24)12-15-4-2-3-5-17(15)20/h2-7,13-14H,8-12H2,1H3,(H,22,24). The summed E-state index contributed by atoms with van der Waals surface area (Å²) in [4.78, 5) is 18.8. The Morgan fingerprint density at radius 2 is 2.00 bits per heavy atom. The van der Waals surface area contributed by atoms with Crippen molar-refractivity contribution in [3.8, 4) is 0 Å². The predicted octanol–water partition coefficient (Wildman–Crippen LogP) is 3.64. The minimum absolute atomic E-state index is 0.0123. The van der Waals surface area contributed by atoms with Crippen molar-refractivity contribution >= 4 is 17.4 Å². The molecule has 0 aliphatic carbocycles. The number of carbonyl (C=O) groups is 1. The van der Waals surface area contributed by atoms with Crippen molar-refractivity contribution in [3.63, 3.8) is 0 Å². The lowest BCUT2D eigenvalue weighted by Crippen LogP contribution is -2.33. The van der Waals surface area contributed by atoms with Crippen LogP contribution in [0.1, 0.15) is 25.3 Å². The number of nitrogens with one attached hydrogen (secondary N) is 1. The van der Waals surface area contributed by atoms with Gasteiger partial charge in [0.05, 0.1) is 18.3 Å². The number of hydrogen-bond donors (Lipinski definition) is 1. The molecule has 1 fully saturated rings. The van der Waals surface area contributed by atoms with Crippen LogP contribution in [0.2, 0.25) is 0 Å². The third-order valence-electron chi connectivity index (χ3n) is 4.45. The molecule has 0 spiro atoms. The lowest BCUT2D eigenvalue weighted by Gasteiger charge is -2.31. The highest BCUT2D eigenvalue weighted by molar-refractivity contribution is 5.92. The molecule has 3 rings (SSSR count). The number of pyridine rings is 1. The Labute approximate surface area is 141 Å². The van der Waals surface area contributed by atoms with Gasteiger partial charge in [0.2, 0.25) is 5.91 Å². The van der Waals surface area contributed by atoms with Gasteiger partial charge < -0.3 is 10.2 Å². The highest BCUT2D eigenvalue weighted by Crippen LogP contribution is 2.22. The summed E-state index contributed by atoms with van der Waals surface area (Å²) in [5.74, 6) is 1.11. The number of rotatable bonds is 4. The predicted molar refractivity (Wildman–Crippen MR) is 93.6 cm³/mol. The number of anilines is 2. The molecule has 2 aromatic rings. The molecule has 1 aliphatic heterocycles. The van der Waals surface area contributed by atoms with Gasteiger partial charge in [0.25, 0.3) is 0 Å². The molecule has 0 atom stereocenters. The summed E-state index contributed by atoms with van der Waals surface area (Å²) in [5.41, 5.74) is 1.02. The van der Waals surface area contributed by atoms with Crippen LogP contribution in [0.3, 0.4) is 0 Å². The largest absolute Gasteiger partial charge is 0.357 e. The summed E-state index contributed by atoms with van der Waals surface area (Å²) in [6.07, 6.45) is 4.04. The molecule has 1 aromatic heterocycles. The lowest BCUT2D eigenvalue weighted by atomic mass is 9.99. The highest BCUT2D eigenvalue weighted by atomic mass is 19.1. The Hall–Kier alpha value is -2.43. The first-order chi connectivity index (χ1) is 11.6. The van der Waals surface area contributed by atoms with Crippen molar-refractivity contribution in [3.05, 3.63) is 54.0 Å². The van der Waals surface area contributed by atoms with Crippen LogP contribution in [0.5, 0.6) is 0 Å². The van der Waals surface area contributed by atoms with Gasteiger partial charge in [-0.2, -0.15) is 0 Å². The normalized spacial score (nSPS) is 15.3. The summed E-state index contributed by atoms with van der Waals surface area (Å²) in [6.45, 7) is 4.32. The van der Waals surface area contributed by atoms with Crippen molar-refractivity contribution in [1.82, 2.24) is 4.98 Å². The van der Waals surface area contributed by atoms with Crippen LogP contribution in [0.4, 0.5) is 15.9 Å². The van der Waals surface area contributed by atoms with Crippen LogP contribution >= 0.6 is 0 Å². The summed E-state index contributed by atoms with van der Waals surface area (Å²) < 4.78 is 13.6. The van der Waals surface area contributed by atoms with Gasteiger partial charge in [0.15, 0.2) is 0 Å². The average Bonchev–Trinajstić information content (AvgIpc) is 2.58. The van der Waals surface area contributed by atoms with E-state index in [2.05, 4.69) is 22.1 Å². The van der Waals surface area contributed by atoms with Crippen LogP contribution < -0.4 is 10.2 Å². The van der Waals surface area contributed by atoms with E-state index in [4.69, 9.17) is 0 Å². The first-order valence-corrected chi connectivity index (χ1v) is 8.36. The Kier molecular flexibility index (Phi) is 5.08. The van der Waals surface area contributed by atoms with E-state index in [1.165, 1.54) is 18.9 Å². The first-order valence-electron chi connectivity index (χ1n) is 8.36. The van der Waals surface area contributed by atoms with Crippen LogP contribution in [0, 0.1) is 11.7 Å². The maximum atomic E-state index is 13.6. The molecule has 126 valence electrons. The molecule has 1 aliphatic rings. The second-order valence-electron chi connectivity index (χ2n) is 6.39. The molecule has 0 radical (unpaired) electrons. The summed E-state index contributed by atoms with van der Waals surface area (Å²) in [5, 5.41) is 2.77. The summed E-state index contributed by atoms with van der Waals surface area (Å²) in [7, 11) is 0. The summed E-state index contributed by atoms with van der Waals surface area (Å²) >= 11 is 0. The van der Waals surface area contributed by atoms with E-state index in [0.717, 1.165) is 24.8 Å². The van der Waals surface area contributed by atoms with E-state index in [9.17, 15) is 9.18 Å². The molecule has 1 saturated heterocycles. The number of amides is 1. The molecule has 0 bridgehead atoms. The molecule has 0 unspecified atom stereocenters. The van der Waals surface area contributed by atoms with Gasteiger partial charge >= 0.3 is 0 Å². The number of nitrogens with zero attached hydrogens (tertiary/aromatic N) is 2. The SMILES string of the molecule is CC1CCN(c2ccc(NC(=O)Cc3ccccc3F)cn2)CC1. The van der Waals surface area contributed by atoms with Gasteiger partial charge in [0.1, 0.15) is 11.6 Å². The molecular formula is C19H22FN3O. The first kappa shape index (κ1) is 16.4. The van der Waals surface area contributed by atoms with Gasteiger partial charge in [-0.15, -0.1) is 0 Å². The van der Waals surface area contributed by atoms with E-state index >= 15 is 0 Å². The summed E-state index contributed by atoms with van der Waals surface area (Å²) in [6, 6.07) is 10.1. The molecule has 0 saturated carbocycles. The van der Waals surface area contributed by atoms with Crippen LogP contribution in [0.15, 0.2) is 42.6 Å². The van der Waals surface area contributed by atoms with E-state index in [0.29, 0.717) is 11.3 Å². The van der Waals surface area contributed by atoms with Crippen LogP contribution in [0.25, 0.3) is 0 Å². The Bertz CT molecular complexity index is 694. The Morgan fingerprint density at radius 3 is 2.67 bits per heavy atom. The van der Waals surface area contributed by atoms with Crippen LogP contribution in [-0.2, 0) is 11.2 Å². The second kappa shape index (κ2) is 7.43. The molecule has 1 amide bonds. The number of hydrogen-bond acceptors (Lipinski definition) is 3. The number of aromatic nitrogens is 1. The van der Waals surface area contributed by atoms with Crippen LogP contribution in [-0.4, -0.2) is 24.0 Å². The minimum Gasteiger partial charge on any atom is -0.357 e. The van der Waals surface area contributed by atoms with Gasteiger partial charge in [-0.3, -0.25) is 4.79 Å². The number of carbonyl (C=O) groups excluding carboxylic acids is 1. The molecule has 1 N–H and O–H groups in total. The quantitative estimate of drug-likeness (QED) is 0.932. The maximum absolute atomic E-state index is 13.6. The molecule has 5 heteroatoms. The van der Waals surface area contributed by atoms with Crippen molar-refractivity contribution in [1.29, 1.82) is 0 Å². The lowest BCUT2D eigenvalue weighted by molar-refractivity contribution is -0.115. The van der Waals surface area contributed by atoms with Gasteiger partial charge in [-0.1, -0.05) is 25.1 Å². The topological polar surface area (TPSA) is 45.2 Å². The zero-order valence-electron chi connectivity index (χ0n) is 13.8. The fraction of sp³-hybridized carbons (Fsp3) is 0.368. The maximum Gasteiger partial charge on any atom is 0.228 e. The Balaban J connectivity index is 1.58. The van der Waals surface area contributed by atoms with E-state index in [1.54, 1.807) is 24.4 Å². The number of piperidine rings is 1. The number of benzene rings is 1. The van der Waals surface area contributed by atoms with Crippen molar-refractivity contribution < 1.29 is 9.18 Å². The van der Waals surface area contributed by atoms with Gasteiger partial charge in [-0.25, -0.2) is 9.37 Å².